The average Bonchev–Trinajstić information content (AvgIpc) is 2.89. The molecule has 0 aromatic rings. The quantitative estimate of drug-likeness (QED) is 0.656. The molecule has 2 aliphatic carbocycles. The summed E-state index contributed by atoms with van der Waals surface area (Å²) in [6, 6.07) is 0. The Kier molecular flexibility index (Phi) is 5.34. The minimum absolute atomic E-state index is 0.0114. The number of aliphatic hydroxyl groups is 2. The zero-order valence-corrected chi connectivity index (χ0v) is 19.1. The van der Waals surface area contributed by atoms with E-state index in [2.05, 4.69) is 27.7 Å². The summed E-state index contributed by atoms with van der Waals surface area (Å²) >= 11 is 0. The van der Waals surface area contributed by atoms with Crippen LogP contribution in [0.3, 0.4) is 0 Å². The Morgan fingerprint density at radius 1 is 1.13 bits per heavy atom. The summed E-state index contributed by atoms with van der Waals surface area (Å²) in [5, 5.41) is 21.8. The Balaban J connectivity index is 1.74. The molecule has 0 aromatic carbocycles. The van der Waals surface area contributed by atoms with Gasteiger partial charge in [-0.15, -0.1) is 0 Å². The molecule has 4 aliphatic rings. The highest BCUT2D eigenvalue weighted by molar-refractivity contribution is 5.66. The van der Waals surface area contributed by atoms with Crippen LogP contribution in [-0.4, -0.2) is 59.3 Å². The summed E-state index contributed by atoms with van der Waals surface area (Å²) in [7, 11) is 1.46. The van der Waals surface area contributed by atoms with Gasteiger partial charge in [-0.05, 0) is 43.4 Å². The molecule has 30 heavy (non-hydrogen) atoms. The van der Waals surface area contributed by atoms with Gasteiger partial charge in [-0.25, -0.2) is 0 Å². The first-order valence-electron chi connectivity index (χ1n) is 11.3. The van der Waals surface area contributed by atoms with Gasteiger partial charge in [-0.2, -0.15) is 0 Å². The zero-order chi connectivity index (χ0) is 22.1. The zero-order valence-electron chi connectivity index (χ0n) is 19.1. The number of ether oxygens (including phenoxy) is 4. The molecular formula is C23H38O7. The van der Waals surface area contributed by atoms with E-state index in [1.165, 1.54) is 14.0 Å². The molecule has 0 amide bonds. The van der Waals surface area contributed by atoms with Gasteiger partial charge < -0.3 is 29.2 Å². The molecular weight excluding hydrogens is 388 g/mol. The fraction of sp³-hybridized carbons (Fsp3) is 0.957. The van der Waals surface area contributed by atoms with Crippen LogP contribution in [0.25, 0.3) is 0 Å². The molecule has 7 nitrogen and oxygen atoms in total. The molecule has 4 fully saturated rings. The number of rotatable bonds is 2. The van der Waals surface area contributed by atoms with Gasteiger partial charge in [0.15, 0.2) is 12.6 Å². The van der Waals surface area contributed by atoms with Crippen LogP contribution in [0, 0.1) is 22.7 Å². The Morgan fingerprint density at radius 3 is 2.47 bits per heavy atom. The van der Waals surface area contributed by atoms with E-state index in [-0.39, 0.29) is 34.7 Å². The summed E-state index contributed by atoms with van der Waals surface area (Å²) in [6.07, 6.45) is 1.66. The topological polar surface area (TPSA) is 94.5 Å². The molecule has 2 N–H and O–H groups in total. The Morgan fingerprint density at radius 2 is 1.83 bits per heavy atom. The number of carbonyl (C=O) groups is 1. The van der Waals surface area contributed by atoms with Crippen molar-refractivity contribution in [3.8, 4) is 0 Å². The highest BCUT2D eigenvalue weighted by Crippen LogP contribution is 2.67. The number of hydrogen-bond acceptors (Lipinski definition) is 7. The molecule has 2 saturated carbocycles. The van der Waals surface area contributed by atoms with Gasteiger partial charge in [0.25, 0.3) is 0 Å². The molecule has 4 rings (SSSR count). The highest BCUT2D eigenvalue weighted by atomic mass is 16.8. The Labute approximate surface area is 179 Å². The minimum Gasteiger partial charge on any atom is -0.462 e. The van der Waals surface area contributed by atoms with E-state index in [1.54, 1.807) is 0 Å². The maximum atomic E-state index is 11.9. The van der Waals surface area contributed by atoms with Crippen molar-refractivity contribution >= 4 is 5.97 Å². The first kappa shape index (κ1) is 22.5. The van der Waals surface area contributed by atoms with Crippen molar-refractivity contribution in [3.05, 3.63) is 0 Å². The van der Waals surface area contributed by atoms with Crippen molar-refractivity contribution in [3.63, 3.8) is 0 Å². The van der Waals surface area contributed by atoms with Gasteiger partial charge in [0.05, 0.1) is 5.60 Å². The van der Waals surface area contributed by atoms with Crippen molar-refractivity contribution in [2.75, 3.05) is 7.11 Å². The van der Waals surface area contributed by atoms with Crippen LogP contribution in [0.2, 0.25) is 0 Å². The van der Waals surface area contributed by atoms with Crippen LogP contribution in [0.5, 0.6) is 0 Å². The van der Waals surface area contributed by atoms with Gasteiger partial charge in [0.1, 0.15) is 17.8 Å². The third-order valence-electron chi connectivity index (χ3n) is 8.97. The summed E-state index contributed by atoms with van der Waals surface area (Å²) in [6.45, 7) is 10.5. The van der Waals surface area contributed by atoms with Crippen molar-refractivity contribution in [2.45, 2.75) is 109 Å². The fourth-order valence-corrected chi connectivity index (χ4v) is 7.73. The summed E-state index contributed by atoms with van der Waals surface area (Å²) in [4.78, 5) is 11.9. The van der Waals surface area contributed by atoms with Crippen molar-refractivity contribution in [1.82, 2.24) is 0 Å². The van der Waals surface area contributed by atoms with E-state index in [0.717, 1.165) is 19.3 Å². The lowest BCUT2D eigenvalue weighted by atomic mass is 9.42. The Bertz CT molecular complexity index is 695. The monoisotopic (exact) mass is 426 g/mol. The molecule has 0 radical (unpaired) electrons. The predicted molar refractivity (Wildman–Crippen MR) is 108 cm³/mol. The smallest absolute Gasteiger partial charge is 0.302 e. The first-order valence-corrected chi connectivity index (χ1v) is 11.3. The SMILES string of the molecule is CO[C@@H]1O[C@@H]2O[C@@]3(CC[C@]2(O)[C@H]1O)[C@@H](C)C[C@H](OC(C)=O)[C@@H]1C(C)(C)CCC[C@]13C. The molecule has 2 saturated heterocycles. The van der Waals surface area contributed by atoms with E-state index in [1.807, 2.05) is 0 Å². The predicted octanol–water partition coefficient (Wildman–Crippen LogP) is 2.76. The van der Waals surface area contributed by atoms with Crippen LogP contribution in [0.4, 0.5) is 0 Å². The lowest BCUT2D eigenvalue weighted by Crippen LogP contribution is -2.71. The largest absolute Gasteiger partial charge is 0.462 e. The van der Waals surface area contributed by atoms with Crippen LogP contribution in [0.1, 0.15) is 73.1 Å². The van der Waals surface area contributed by atoms with Gasteiger partial charge >= 0.3 is 5.97 Å². The molecule has 9 atom stereocenters. The molecule has 172 valence electrons. The van der Waals surface area contributed by atoms with Crippen LogP contribution in [-0.2, 0) is 23.7 Å². The van der Waals surface area contributed by atoms with Gasteiger partial charge in [0, 0.05) is 25.4 Å². The van der Waals surface area contributed by atoms with E-state index in [4.69, 9.17) is 18.9 Å². The van der Waals surface area contributed by atoms with Gasteiger partial charge in [0.2, 0.25) is 0 Å². The lowest BCUT2D eigenvalue weighted by Gasteiger charge is -2.68. The minimum atomic E-state index is -1.48. The molecule has 0 bridgehead atoms. The van der Waals surface area contributed by atoms with Crippen LogP contribution >= 0.6 is 0 Å². The number of esters is 1. The molecule has 7 heteroatoms. The second-order valence-electron chi connectivity index (χ2n) is 11.0. The van der Waals surface area contributed by atoms with Crippen molar-refractivity contribution < 1.29 is 34.0 Å². The maximum Gasteiger partial charge on any atom is 0.302 e. The summed E-state index contributed by atoms with van der Waals surface area (Å²) in [5.74, 6) is -0.00512. The van der Waals surface area contributed by atoms with E-state index in [9.17, 15) is 15.0 Å². The molecule has 0 aromatic heterocycles. The number of aliphatic hydroxyl groups excluding tert-OH is 1. The van der Waals surface area contributed by atoms with Crippen molar-refractivity contribution in [1.29, 1.82) is 0 Å². The molecule has 0 unspecified atom stereocenters. The normalized spacial score (nSPS) is 52.5. The van der Waals surface area contributed by atoms with Crippen LogP contribution in [0.15, 0.2) is 0 Å². The standard InChI is InChI=1S/C23H38O7/c1-13-12-15(28-14(2)24)16-20(3,4)8-7-9-21(16,5)23(13)11-10-22(26)17(25)18(27-6)29-19(22)30-23/h13,15-19,25-26H,7-12H2,1-6H3/t13-,15-,16+,17-,18+,19+,21+,22-,23-/m0/s1. The summed E-state index contributed by atoms with van der Waals surface area (Å²) in [5.41, 5.74) is -2.28. The maximum absolute atomic E-state index is 11.9. The van der Waals surface area contributed by atoms with Gasteiger partial charge in [-0.3, -0.25) is 4.79 Å². The second kappa shape index (κ2) is 7.14. The lowest BCUT2D eigenvalue weighted by molar-refractivity contribution is -0.362. The van der Waals surface area contributed by atoms with E-state index in [0.29, 0.717) is 19.3 Å². The number of methoxy groups -OCH3 is 1. The number of hydrogen-bond donors (Lipinski definition) is 2. The Hall–Kier alpha value is -0.730. The number of carbonyl (C=O) groups excluding carboxylic acids is 1. The van der Waals surface area contributed by atoms with Crippen molar-refractivity contribution in [2.24, 2.45) is 22.7 Å². The summed E-state index contributed by atoms with van der Waals surface area (Å²) < 4.78 is 23.7. The number of fused-ring (bicyclic) bond motifs is 3. The third kappa shape index (κ3) is 2.92. The van der Waals surface area contributed by atoms with Gasteiger partial charge in [-0.1, -0.05) is 34.1 Å². The fourth-order valence-electron chi connectivity index (χ4n) is 7.73. The van der Waals surface area contributed by atoms with E-state index < -0.39 is 29.9 Å². The van der Waals surface area contributed by atoms with E-state index >= 15 is 0 Å². The molecule has 1 spiro atoms. The molecule has 2 heterocycles. The highest BCUT2D eigenvalue weighted by Gasteiger charge is 2.71. The third-order valence-corrected chi connectivity index (χ3v) is 8.97. The average molecular weight is 427 g/mol. The second-order valence-corrected chi connectivity index (χ2v) is 11.0. The molecule has 2 aliphatic heterocycles. The first-order chi connectivity index (χ1) is 13.9. The van der Waals surface area contributed by atoms with Crippen LogP contribution < -0.4 is 0 Å².